The summed E-state index contributed by atoms with van der Waals surface area (Å²) in [6.45, 7) is 0.121. The van der Waals surface area contributed by atoms with Gasteiger partial charge < -0.3 is 9.47 Å². The van der Waals surface area contributed by atoms with Crippen LogP contribution in [-0.2, 0) is 4.74 Å². The van der Waals surface area contributed by atoms with E-state index >= 15 is 0 Å². The van der Waals surface area contributed by atoms with Crippen molar-refractivity contribution in [2.75, 3.05) is 6.61 Å². The molecule has 3 rings (SSSR count). The highest BCUT2D eigenvalue weighted by molar-refractivity contribution is 6.30. The maximum Gasteiger partial charge on any atom is 0.198 e. The Morgan fingerprint density at radius 1 is 1.23 bits per heavy atom. The molecule has 0 N–H and O–H groups in total. The molecule has 0 aliphatic carbocycles. The Hall–Kier alpha value is -2.28. The molecule has 0 saturated carbocycles. The van der Waals surface area contributed by atoms with Crippen molar-refractivity contribution in [1.82, 2.24) is 0 Å². The first-order valence-corrected chi connectivity index (χ1v) is 7.19. The van der Waals surface area contributed by atoms with E-state index in [1.165, 1.54) is 0 Å². The minimum Gasteiger partial charge on any atom is -0.480 e. The first kappa shape index (κ1) is 14.6. The van der Waals surface area contributed by atoms with Gasteiger partial charge in [-0.25, -0.2) is 0 Å². The predicted octanol–water partition coefficient (Wildman–Crippen LogP) is 3.67. The van der Waals surface area contributed by atoms with Gasteiger partial charge in [0.1, 0.15) is 18.5 Å². The Morgan fingerprint density at radius 2 is 1.95 bits per heavy atom. The number of Topliss-reactive ketones (excluding diaryl/α,β-unsaturated/α-hetero) is 1. The topological polar surface area (TPSA) is 38.8 Å². The molecule has 2 unspecified atom stereocenters. The number of rotatable bonds is 5. The van der Waals surface area contributed by atoms with Gasteiger partial charge in [-0.05, 0) is 29.8 Å². The Morgan fingerprint density at radius 3 is 2.68 bits per heavy atom. The average Bonchev–Trinajstić information content (AvgIpc) is 3.34. The molecule has 0 spiro atoms. The van der Waals surface area contributed by atoms with Crippen molar-refractivity contribution in [2.45, 2.75) is 12.2 Å². The molecule has 2 aromatic rings. The molecule has 3 nitrogen and oxygen atoms in total. The first-order chi connectivity index (χ1) is 10.7. The minimum absolute atomic E-state index is 0.104. The van der Waals surface area contributed by atoms with Crippen LogP contribution in [0.2, 0.25) is 5.02 Å². The van der Waals surface area contributed by atoms with Gasteiger partial charge >= 0.3 is 0 Å². The number of carbonyl (C=O) groups is 1. The fourth-order valence-corrected chi connectivity index (χ4v) is 2.41. The van der Waals surface area contributed by atoms with Gasteiger partial charge in [0.2, 0.25) is 0 Å². The van der Waals surface area contributed by atoms with Crippen LogP contribution in [0.25, 0.3) is 0 Å². The molecule has 0 amide bonds. The molecule has 0 bridgehead atoms. The number of terminal acetylenes is 1. The summed E-state index contributed by atoms with van der Waals surface area (Å²) in [5, 5.41) is 0.653. The summed E-state index contributed by atoms with van der Waals surface area (Å²) in [5.41, 5.74) is 1.42. The van der Waals surface area contributed by atoms with Gasteiger partial charge in [-0.15, -0.1) is 6.42 Å². The van der Waals surface area contributed by atoms with E-state index in [-0.39, 0.29) is 18.5 Å². The number of hydrogen-bond acceptors (Lipinski definition) is 3. The van der Waals surface area contributed by atoms with E-state index in [1.807, 2.05) is 12.1 Å². The van der Waals surface area contributed by atoms with Crippen LogP contribution >= 0.6 is 11.6 Å². The second kappa shape index (κ2) is 6.23. The lowest BCUT2D eigenvalue weighted by molar-refractivity contribution is 0.0950. The number of hydrogen-bond donors (Lipinski definition) is 0. The predicted molar refractivity (Wildman–Crippen MR) is 84.2 cm³/mol. The molecule has 2 aromatic carbocycles. The molecule has 1 saturated heterocycles. The van der Waals surface area contributed by atoms with Crippen molar-refractivity contribution >= 4 is 17.4 Å². The molecule has 110 valence electrons. The summed E-state index contributed by atoms with van der Waals surface area (Å²) < 4.78 is 10.9. The zero-order chi connectivity index (χ0) is 15.5. The Bertz CT molecular complexity index is 731. The van der Waals surface area contributed by atoms with Gasteiger partial charge in [0.05, 0.1) is 5.56 Å². The van der Waals surface area contributed by atoms with Crippen molar-refractivity contribution in [3.05, 3.63) is 64.7 Å². The molecule has 0 aromatic heterocycles. The van der Waals surface area contributed by atoms with Crippen molar-refractivity contribution in [2.24, 2.45) is 0 Å². The van der Waals surface area contributed by atoms with Crippen molar-refractivity contribution < 1.29 is 14.3 Å². The summed E-state index contributed by atoms with van der Waals surface area (Å²) in [6, 6.07) is 14.3. The quantitative estimate of drug-likeness (QED) is 0.480. The van der Waals surface area contributed by atoms with Crippen molar-refractivity contribution in [3.8, 4) is 18.1 Å². The third kappa shape index (κ3) is 2.99. The second-order valence-electron chi connectivity index (χ2n) is 4.88. The van der Waals surface area contributed by atoms with E-state index in [0.717, 1.165) is 5.56 Å². The third-order valence-electron chi connectivity index (χ3n) is 3.41. The zero-order valence-electron chi connectivity index (χ0n) is 11.7. The van der Waals surface area contributed by atoms with Gasteiger partial charge in [-0.2, -0.15) is 0 Å². The number of benzene rings is 2. The summed E-state index contributed by atoms with van der Waals surface area (Å²) >= 11 is 5.86. The van der Waals surface area contributed by atoms with Crippen LogP contribution in [0.15, 0.2) is 48.5 Å². The first-order valence-electron chi connectivity index (χ1n) is 6.81. The fourth-order valence-electron chi connectivity index (χ4n) is 2.29. The normalized spacial score (nSPS) is 19.3. The number of epoxide rings is 1. The van der Waals surface area contributed by atoms with E-state index in [1.54, 1.807) is 36.4 Å². The number of ketones is 1. The molecule has 4 heteroatoms. The lowest BCUT2D eigenvalue weighted by Crippen LogP contribution is -2.10. The van der Waals surface area contributed by atoms with E-state index in [2.05, 4.69) is 5.92 Å². The molecule has 2 atom stereocenters. The van der Waals surface area contributed by atoms with Crippen LogP contribution in [0, 0.1) is 12.3 Å². The zero-order valence-corrected chi connectivity index (χ0v) is 12.4. The maximum absolute atomic E-state index is 12.6. The summed E-state index contributed by atoms with van der Waals surface area (Å²) in [6.07, 6.45) is 4.47. The highest BCUT2D eigenvalue weighted by atomic mass is 35.5. The standard InChI is InChI=1S/C18H13ClO3/c1-2-11-21-15-6-4-3-5-14(15)16(20)18-17(22-18)12-7-9-13(19)10-8-12/h1,3-10,17-18H,11H2. The molecule has 0 radical (unpaired) electrons. The Balaban J connectivity index is 1.76. The maximum atomic E-state index is 12.6. The average molecular weight is 313 g/mol. The van der Waals surface area contributed by atoms with Gasteiger partial charge in [-0.1, -0.05) is 41.8 Å². The summed E-state index contributed by atoms with van der Waals surface area (Å²) in [4.78, 5) is 12.6. The van der Waals surface area contributed by atoms with Crippen molar-refractivity contribution in [1.29, 1.82) is 0 Å². The monoisotopic (exact) mass is 312 g/mol. The van der Waals surface area contributed by atoms with E-state index in [4.69, 9.17) is 27.5 Å². The van der Waals surface area contributed by atoms with E-state index in [9.17, 15) is 4.79 Å². The summed E-state index contributed by atoms with van der Waals surface area (Å²) in [5.74, 6) is 2.77. The third-order valence-corrected chi connectivity index (χ3v) is 3.66. The molecular formula is C18H13ClO3. The number of ether oxygens (including phenoxy) is 2. The Labute approximate surface area is 133 Å². The molecule has 1 aliphatic heterocycles. The molecule has 22 heavy (non-hydrogen) atoms. The second-order valence-corrected chi connectivity index (χ2v) is 5.32. The van der Waals surface area contributed by atoms with Crippen LogP contribution < -0.4 is 4.74 Å². The molecule has 1 aliphatic rings. The van der Waals surface area contributed by atoms with Gasteiger partial charge in [0, 0.05) is 5.02 Å². The number of carbonyl (C=O) groups excluding carboxylic acids is 1. The van der Waals surface area contributed by atoms with Crippen LogP contribution in [0.4, 0.5) is 0 Å². The van der Waals surface area contributed by atoms with Crippen LogP contribution in [0.1, 0.15) is 22.0 Å². The Kier molecular flexibility index (Phi) is 4.15. The van der Waals surface area contributed by atoms with Crippen LogP contribution in [-0.4, -0.2) is 18.5 Å². The van der Waals surface area contributed by atoms with E-state index < -0.39 is 6.10 Å². The van der Waals surface area contributed by atoms with E-state index in [0.29, 0.717) is 16.3 Å². The molecule has 1 heterocycles. The molecular weight excluding hydrogens is 300 g/mol. The minimum atomic E-state index is -0.489. The highest BCUT2D eigenvalue weighted by Gasteiger charge is 2.46. The largest absolute Gasteiger partial charge is 0.480 e. The van der Waals surface area contributed by atoms with Crippen LogP contribution in [0.5, 0.6) is 5.75 Å². The molecule has 1 fully saturated rings. The lowest BCUT2D eigenvalue weighted by Gasteiger charge is -2.07. The number of para-hydroxylation sites is 1. The van der Waals surface area contributed by atoms with Gasteiger partial charge in [0.15, 0.2) is 11.9 Å². The highest BCUT2D eigenvalue weighted by Crippen LogP contribution is 2.41. The van der Waals surface area contributed by atoms with Gasteiger partial charge in [-0.3, -0.25) is 4.79 Å². The fraction of sp³-hybridized carbons (Fsp3) is 0.167. The smallest absolute Gasteiger partial charge is 0.198 e. The van der Waals surface area contributed by atoms with Gasteiger partial charge in [0.25, 0.3) is 0 Å². The SMILES string of the molecule is C#CCOc1ccccc1C(=O)C1OC1c1ccc(Cl)cc1. The summed E-state index contributed by atoms with van der Waals surface area (Å²) in [7, 11) is 0. The van der Waals surface area contributed by atoms with Crippen LogP contribution in [0.3, 0.4) is 0 Å². The lowest BCUT2D eigenvalue weighted by atomic mass is 10.0. The van der Waals surface area contributed by atoms with Crippen molar-refractivity contribution in [3.63, 3.8) is 0 Å². The number of halogens is 1.